The van der Waals surface area contributed by atoms with Crippen LogP contribution in [0, 0.1) is 0 Å². The van der Waals surface area contributed by atoms with Crippen LogP contribution in [0.15, 0.2) is 41.8 Å². The van der Waals surface area contributed by atoms with E-state index in [1.807, 2.05) is 41.8 Å². The minimum absolute atomic E-state index is 0. The average molecular weight is 311 g/mol. The van der Waals surface area contributed by atoms with E-state index in [1.54, 1.807) is 11.3 Å². The number of rotatable bonds is 6. The fraction of sp³-hybridized carbons (Fsp3) is 0.267. The number of halogens is 1. The van der Waals surface area contributed by atoms with Gasteiger partial charge in [-0.1, -0.05) is 31.2 Å². The van der Waals surface area contributed by atoms with Crippen LogP contribution < -0.4 is 10.6 Å². The standard InChI is InChI=1S/C15H18N2OS.ClH/c1-2-16-11-12-6-3-4-8-14(12)17-15(18)10-13-7-5-9-19-13;/h3-9,16H,2,10-11H2,1H3,(H,17,18);1H. The molecule has 2 aromatic rings. The van der Waals surface area contributed by atoms with Gasteiger partial charge < -0.3 is 10.6 Å². The van der Waals surface area contributed by atoms with Gasteiger partial charge in [0.05, 0.1) is 6.42 Å². The Kier molecular flexibility index (Phi) is 7.30. The van der Waals surface area contributed by atoms with E-state index in [1.165, 1.54) is 0 Å². The molecule has 20 heavy (non-hydrogen) atoms. The first-order chi connectivity index (χ1) is 9.29. The van der Waals surface area contributed by atoms with Gasteiger partial charge in [-0.3, -0.25) is 4.79 Å². The van der Waals surface area contributed by atoms with Crippen molar-refractivity contribution in [1.29, 1.82) is 0 Å². The molecule has 1 heterocycles. The maximum atomic E-state index is 12.0. The molecule has 0 saturated heterocycles. The largest absolute Gasteiger partial charge is 0.325 e. The number of hydrogen-bond acceptors (Lipinski definition) is 3. The van der Waals surface area contributed by atoms with Crippen molar-refractivity contribution < 1.29 is 4.79 Å². The molecule has 0 spiro atoms. The predicted molar refractivity (Wildman–Crippen MR) is 87.7 cm³/mol. The summed E-state index contributed by atoms with van der Waals surface area (Å²) < 4.78 is 0. The number of amides is 1. The number of carbonyl (C=O) groups is 1. The summed E-state index contributed by atoms with van der Waals surface area (Å²) in [6, 6.07) is 11.8. The quantitative estimate of drug-likeness (QED) is 0.858. The Morgan fingerprint density at radius 1 is 1.20 bits per heavy atom. The van der Waals surface area contributed by atoms with Gasteiger partial charge in [-0.2, -0.15) is 0 Å². The Bertz CT molecular complexity index is 528. The number of hydrogen-bond donors (Lipinski definition) is 2. The van der Waals surface area contributed by atoms with Crippen LogP contribution in [0.25, 0.3) is 0 Å². The second kappa shape index (κ2) is 8.74. The monoisotopic (exact) mass is 310 g/mol. The van der Waals surface area contributed by atoms with Crippen LogP contribution in [0.3, 0.4) is 0 Å². The van der Waals surface area contributed by atoms with Gasteiger partial charge in [-0.25, -0.2) is 0 Å². The van der Waals surface area contributed by atoms with Gasteiger partial charge in [0, 0.05) is 17.1 Å². The number of anilines is 1. The van der Waals surface area contributed by atoms with Crippen LogP contribution in [-0.2, 0) is 17.8 Å². The van der Waals surface area contributed by atoms with Crippen molar-refractivity contribution in [2.24, 2.45) is 0 Å². The summed E-state index contributed by atoms with van der Waals surface area (Å²) in [5, 5.41) is 8.25. The van der Waals surface area contributed by atoms with E-state index in [4.69, 9.17) is 0 Å². The number of carbonyl (C=O) groups excluding carboxylic acids is 1. The zero-order valence-corrected chi connectivity index (χ0v) is 13.0. The van der Waals surface area contributed by atoms with Gasteiger partial charge in [0.25, 0.3) is 0 Å². The average Bonchev–Trinajstić information content (AvgIpc) is 2.90. The van der Waals surface area contributed by atoms with Crippen molar-refractivity contribution in [2.45, 2.75) is 19.9 Å². The second-order valence-corrected chi connectivity index (χ2v) is 5.27. The highest BCUT2D eigenvalue weighted by Crippen LogP contribution is 2.16. The lowest BCUT2D eigenvalue weighted by atomic mass is 10.1. The molecule has 5 heteroatoms. The Morgan fingerprint density at radius 3 is 2.70 bits per heavy atom. The van der Waals surface area contributed by atoms with E-state index in [-0.39, 0.29) is 18.3 Å². The zero-order chi connectivity index (χ0) is 13.5. The van der Waals surface area contributed by atoms with E-state index in [9.17, 15) is 4.79 Å². The molecule has 0 saturated carbocycles. The van der Waals surface area contributed by atoms with Gasteiger partial charge in [0.15, 0.2) is 0 Å². The molecule has 0 radical (unpaired) electrons. The molecule has 1 aromatic heterocycles. The predicted octanol–water partition coefficient (Wildman–Crippen LogP) is 3.46. The van der Waals surface area contributed by atoms with Gasteiger partial charge in [0.1, 0.15) is 0 Å². The van der Waals surface area contributed by atoms with Crippen LogP contribution >= 0.6 is 23.7 Å². The molecular formula is C15H19ClN2OS. The lowest BCUT2D eigenvalue weighted by molar-refractivity contribution is -0.115. The second-order valence-electron chi connectivity index (χ2n) is 4.24. The van der Waals surface area contributed by atoms with E-state index in [0.29, 0.717) is 6.42 Å². The highest BCUT2D eigenvalue weighted by atomic mass is 35.5. The fourth-order valence-electron chi connectivity index (χ4n) is 1.82. The van der Waals surface area contributed by atoms with Crippen LogP contribution in [0.5, 0.6) is 0 Å². The van der Waals surface area contributed by atoms with Crippen molar-refractivity contribution in [3.8, 4) is 0 Å². The van der Waals surface area contributed by atoms with Crippen molar-refractivity contribution in [1.82, 2.24) is 5.32 Å². The fourth-order valence-corrected chi connectivity index (χ4v) is 2.53. The molecule has 0 aliphatic rings. The third-order valence-corrected chi connectivity index (χ3v) is 3.65. The summed E-state index contributed by atoms with van der Waals surface area (Å²) in [5.41, 5.74) is 2.01. The summed E-state index contributed by atoms with van der Waals surface area (Å²) in [5.74, 6) is 0.0337. The highest BCUT2D eigenvalue weighted by Gasteiger charge is 2.07. The van der Waals surface area contributed by atoms with Gasteiger partial charge in [-0.05, 0) is 29.6 Å². The van der Waals surface area contributed by atoms with Crippen molar-refractivity contribution in [3.05, 3.63) is 52.2 Å². The third kappa shape index (κ3) is 4.96. The van der Waals surface area contributed by atoms with Crippen molar-refractivity contribution in [3.63, 3.8) is 0 Å². The molecule has 1 amide bonds. The molecule has 0 atom stereocenters. The molecular weight excluding hydrogens is 292 g/mol. The number of thiophene rings is 1. The minimum Gasteiger partial charge on any atom is -0.325 e. The summed E-state index contributed by atoms with van der Waals surface area (Å²) in [4.78, 5) is 13.1. The molecule has 2 N–H and O–H groups in total. The molecule has 108 valence electrons. The van der Waals surface area contributed by atoms with E-state index in [2.05, 4.69) is 17.6 Å². The Morgan fingerprint density at radius 2 is 2.00 bits per heavy atom. The lowest BCUT2D eigenvalue weighted by Gasteiger charge is -2.11. The number of para-hydroxylation sites is 1. The lowest BCUT2D eigenvalue weighted by Crippen LogP contribution is -2.18. The number of nitrogens with one attached hydrogen (secondary N) is 2. The van der Waals surface area contributed by atoms with Crippen LogP contribution in [0.2, 0.25) is 0 Å². The molecule has 3 nitrogen and oxygen atoms in total. The van der Waals surface area contributed by atoms with Gasteiger partial charge >= 0.3 is 0 Å². The molecule has 0 aliphatic heterocycles. The highest BCUT2D eigenvalue weighted by molar-refractivity contribution is 7.10. The normalized spacial score (nSPS) is 9.85. The van der Waals surface area contributed by atoms with E-state index in [0.717, 1.165) is 29.2 Å². The molecule has 0 aliphatic carbocycles. The summed E-state index contributed by atoms with van der Waals surface area (Å²) in [7, 11) is 0. The molecule has 0 bridgehead atoms. The van der Waals surface area contributed by atoms with E-state index >= 15 is 0 Å². The minimum atomic E-state index is 0. The summed E-state index contributed by atoms with van der Waals surface area (Å²) >= 11 is 1.61. The smallest absolute Gasteiger partial charge is 0.229 e. The molecule has 1 aromatic carbocycles. The van der Waals surface area contributed by atoms with Crippen molar-refractivity contribution >= 4 is 35.3 Å². The molecule has 0 fully saturated rings. The van der Waals surface area contributed by atoms with Crippen LogP contribution in [-0.4, -0.2) is 12.5 Å². The van der Waals surface area contributed by atoms with Crippen molar-refractivity contribution in [2.75, 3.05) is 11.9 Å². The SMILES string of the molecule is CCNCc1ccccc1NC(=O)Cc1cccs1.Cl. The molecule has 0 unspecified atom stereocenters. The summed E-state index contributed by atoms with van der Waals surface area (Å²) in [6.45, 7) is 3.75. The molecule has 2 rings (SSSR count). The van der Waals surface area contributed by atoms with Gasteiger partial charge in [0.2, 0.25) is 5.91 Å². The number of benzene rings is 1. The Hall–Kier alpha value is -1.36. The maximum Gasteiger partial charge on any atom is 0.229 e. The third-order valence-electron chi connectivity index (χ3n) is 2.77. The Balaban J connectivity index is 0.00000200. The first kappa shape index (κ1) is 16.7. The first-order valence-corrected chi connectivity index (χ1v) is 7.28. The Labute approximate surface area is 129 Å². The summed E-state index contributed by atoms with van der Waals surface area (Å²) in [6.07, 6.45) is 0.438. The zero-order valence-electron chi connectivity index (χ0n) is 11.4. The van der Waals surface area contributed by atoms with Crippen LogP contribution in [0.1, 0.15) is 17.4 Å². The maximum absolute atomic E-state index is 12.0. The van der Waals surface area contributed by atoms with Gasteiger partial charge in [-0.15, -0.1) is 23.7 Å². The first-order valence-electron chi connectivity index (χ1n) is 6.40. The van der Waals surface area contributed by atoms with E-state index < -0.39 is 0 Å². The van der Waals surface area contributed by atoms with Crippen LogP contribution in [0.4, 0.5) is 5.69 Å². The topological polar surface area (TPSA) is 41.1 Å².